The Bertz CT molecular complexity index is 1380. The van der Waals surface area contributed by atoms with Crippen LogP contribution < -0.4 is 10.6 Å². The van der Waals surface area contributed by atoms with E-state index in [1.165, 1.54) is 11.3 Å². The van der Waals surface area contributed by atoms with Gasteiger partial charge in [0.1, 0.15) is 12.0 Å². The first-order valence-corrected chi connectivity index (χ1v) is 13.8. The van der Waals surface area contributed by atoms with Gasteiger partial charge in [0.25, 0.3) is 11.8 Å². The first-order valence-electron chi connectivity index (χ1n) is 12.6. The predicted octanol–water partition coefficient (Wildman–Crippen LogP) is 2.46. The van der Waals surface area contributed by atoms with Gasteiger partial charge in [0, 0.05) is 65.4 Å². The normalized spacial score (nSPS) is 23.1. The summed E-state index contributed by atoms with van der Waals surface area (Å²) < 4.78 is 0. The van der Waals surface area contributed by atoms with Crippen LogP contribution in [-0.4, -0.2) is 83.2 Å². The van der Waals surface area contributed by atoms with Crippen molar-refractivity contribution in [2.45, 2.75) is 37.9 Å². The Balaban J connectivity index is 1.19. The highest BCUT2D eigenvalue weighted by atomic mass is 35.5. The average Bonchev–Trinajstić information content (AvgIpc) is 3.17. The van der Waals surface area contributed by atoms with Crippen molar-refractivity contribution < 1.29 is 14.4 Å². The van der Waals surface area contributed by atoms with Crippen LogP contribution >= 0.6 is 22.9 Å². The molecule has 37 heavy (non-hydrogen) atoms. The highest BCUT2D eigenvalue weighted by molar-refractivity contribution is 7.13. The molecule has 0 unspecified atom stereocenters. The minimum absolute atomic E-state index is 0.218. The van der Waals surface area contributed by atoms with Crippen LogP contribution in [0.2, 0.25) is 5.02 Å². The molecule has 0 bridgehead atoms. The van der Waals surface area contributed by atoms with E-state index in [1.807, 2.05) is 12.1 Å². The van der Waals surface area contributed by atoms with Gasteiger partial charge in [0.05, 0.1) is 17.8 Å². The lowest BCUT2D eigenvalue weighted by atomic mass is 10.1. The summed E-state index contributed by atoms with van der Waals surface area (Å²) >= 11 is 7.54. The number of aromatic nitrogens is 2. The number of fused-ring (bicyclic) bond motifs is 2. The number of halogens is 1. The Kier molecular flexibility index (Phi) is 6.30. The molecular weight excluding hydrogens is 512 g/mol. The predicted molar refractivity (Wildman–Crippen MR) is 142 cm³/mol. The zero-order valence-electron chi connectivity index (χ0n) is 20.6. The number of amides is 2. The second kappa shape index (κ2) is 9.50. The lowest BCUT2D eigenvalue weighted by molar-refractivity contribution is -0.112. The highest BCUT2D eigenvalue weighted by Crippen LogP contribution is 2.44. The van der Waals surface area contributed by atoms with Crippen LogP contribution in [0.25, 0.3) is 10.9 Å². The van der Waals surface area contributed by atoms with Crippen molar-refractivity contribution in [3.8, 4) is 0 Å². The minimum Gasteiger partial charge on any atom is -0.351 e. The number of nitrogens with one attached hydrogen (secondary N) is 3. The molecule has 1 aliphatic carbocycles. The Hall–Kier alpha value is -2.79. The molecule has 0 radical (unpaired) electrons. The van der Waals surface area contributed by atoms with E-state index >= 15 is 0 Å². The maximum Gasteiger partial charge on any atom is 0.280 e. The molecule has 1 aromatic carbocycles. The van der Waals surface area contributed by atoms with E-state index in [-0.39, 0.29) is 29.3 Å². The van der Waals surface area contributed by atoms with Crippen molar-refractivity contribution in [1.82, 2.24) is 30.4 Å². The summed E-state index contributed by atoms with van der Waals surface area (Å²) in [4.78, 5) is 51.3. The van der Waals surface area contributed by atoms with E-state index in [0.29, 0.717) is 35.4 Å². The summed E-state index contributed by atoms with van der Waals surface area (Å²) in [5.41, 5.74) is 1.98. The maximum atomic E-state index is 13.2. The first kappa shape index (κ1) is 24.5. The number of nitrogens with zero attached hydrogens (tertiary/aromatic N) is 3. The third-order valence-electron chi connectivity index (χ3n) is 7.65. The summed E-state index contributed by atoms with van der Waals surface area (Å²) in [6.45, 7) is 3.49. The van der Waals surface area contributed by atoms with Crippen LogP contribution in [-0.2, 0) is 17.8 Å². The molecule has 3 aliphatic rings. The topological polar surface area (TPSA) is 110 Å². The monoisotopic (exact) mass is 540 g/mol. The molecule has 2 atom stereocenters. The van der Waals surface area contributed by atoms with E-state index in [0.717, 1.165) is 60.1 Å². The van der Waals surface area contributed by atoms with Crippen LogP contribution in [0.5, 0.6) is 0 Å². The maximum absolute atomic E-state index is 13.2. The van der Waals surface area contributed by atoms with E-state index in [4.69, 9.17) is 11.6 Å². The Morgan fingerprint density at radius 3 is 2.70 bits per heavy atom. The van der Waals surface area contributed by atoms with Crippen molar-refractivity contribution in [2.24, 2.45) is 5.41 Å². The van der Waals surface area contributed by atoms with Crippen LogP contribution in [0.1, 0.15) is 43.7 Å². The number of likely N-dealkylation sites (tertiary alicyclic amines) is 1. The molecule has 1 saturated carbocycles. The fourth-order valence-electron chi connectivity index (χ4n) is 5.35. The molecule has 3 aromatic rings. The molecule has 2 aliphatic heterocycles. The standard InChI is InChI=1S/C26H29ClN6O3S/c1-32-7-4-18-22(12-32)37-25(31-18)24(36)30-21-11-33(13-26(14-34)5-6-26)10-20(21)29-23(35)19-9-15-8-16(27)2-3-17(15)28-19/h2-3,8-9,14,20-21,28H,4-7,10-13H2,1H3,(H,29,35)(H,30,36)/t20-,21-/m1/s1. The molecule has 3 N–H and O–H groups in total. The number of carbonyl (C=O) groups excluding carboxylic acids is 3. The Morgan fingerprint density at radius 2 is 1.97 bits per heavy atom. The second-order valence-electron chi connectivity index (χ2n) is 10.6. The lowest BCUT2D eigenvalue weighted by Gasteiger charge is -2.20. The molecular formula is C26H29ClN6O3S. The van der Waals surface area contributed by atoms with Crippen LogP contribution in [0.3, 0.4) is 0 Å². The third kappa shape index (κ3) is 5.03. The zero-order chi connectivity index (χ0) is 25.7. The quantitative estimate of drug-likeness (QED) is 0.397. The number of benzene rings is 1. The fraction of sp³-hybridized carbons (Fsp3) is 0.462. The molecule has 9 nitrogen and oxygen atoms in total. The third-order valence-corrected chi connectivity index (χ3v) is 8.97. The number of aromatic amines is 1. The van der Waals surface area contributed by atoms with Gasteiger partial charge in [-0.05, 0) is 44.2 Å². The van der Waals surface area contributed by atoms with Gasteiger partial charge in [-0.1, -0.05) is 11.6 Å². The number of hydrogen-bond acceptors (Lipinski definition) is 7. The molecule has 11 heteroatoms. The van der Waals surface area contributed by atoms with Crippen LogP contribution in [0, 0.1) is 5.41 Å². The smallest absolute Gasteiger partial charge is 0.280 e. The number of thiazole rings is 1. The molecule has 2 aromatic heterocycles. The van der Waals surface area contributed by atoms with Crippen molar-refractivity contribution in [3.63, 3.8) is 0 Å². The van der Waals surface area contributed by atoms with Crippen LogP contribution in [0.4, 0.5) is 0 Å². The molecule has 2 fully saturated rings. The summed E-state index contributed by atoms with van der Waals surface area (Å²) in [7, 11) is 2.07. The van der Waals surface area contributed by atoms with Gasteiger partial charge in [-0.2, -0.15) is 0 Å². The molecule has 4 heterocycles. The second-order valence-corrected chi connectivity index (χ2v) is 12.1. The van der Waals surface area contributed by atoms with Gasteiger partial charge in [-0.3, -0.25) is 14.5 Å². The fourth-order valence-corrected chi connectivity index (χ4v) is 6.62. The van der Waals surface area contributed by atoms with Gasteiger partial charge in [0.2, 0.25) is 0 Å². The summed E-state index contributed by atoms with van der Waals surface area (Å²) in [6.07, 6.45) is 3.67. The summed E-state index contributed by atoms with van der Waals surface area (Å²) in [5, 5.41) is 8.17. The number of aldehydes is 1. The summed E-state index contributed by atoms with van der Waals surface area (Å²) in [5.74, 6) is -0.465. The number of carbonyl (C=O) groups is 3. The van der Waals surface area contributed by atoms with Gasteiger partial charge >= 0.3 is 0 Å². The van der Waals surface area contributed by atoms with Crippen molar-refractivity contribution in [2.75, 3.05) is 33.2 Å². The largest absolute Gasteiger partial charge is 0.351 e. The van der Waals surface area contributed by atoms with E-state index in [1.54, 1.807) is 12.1 Å². The lowest BCUT2D eigenvalue weighted by Crippen LogP contribution is -2.51. The molecule has 2 amide bonds. The Labute approximate surface area is 223 Å². The summed E-state index contributed by atoms with van der Waals surface area (Å²) in [6, 6.07) is 6.59. The number of hydrogen-bond donors (Lipinski definition) is 3. The van der Waals surface area contributed by atoms with Crippen LogP contribution in [0.15, 0.2) is 24.3 Å². The highest BCUT2D eigenvalue weighted by Gasteiger charge is 2.46. The first-order chi connectivity index (χ1) is 17.8. The van der Waals surface area contributed by atoms with E-state index in [9.17, 15) is 14.4 Å². The van der Waals surface area contributed by atoms with E-state index in [2.05, 4.69) is 37.4 Å². The minimum atomic E-state index is -0.311. The molecule has 194 valence electrons. The Morgan fingerprint density at radius 1 is 1.22 bits per heavy atom. The zero-order valence-corrected chi connectivity index (χ0v) is 22.1. The molecule has 6 rings (SSSR count). The van der Waals surface area contributed by atoms with Crippen molar-refractivity contribution in [3.05, 3.63) is 50.6 Å². The van der Waals surface area contributed by atoms with E-state index < -0.39 is 0 Å². The van der Waals surface area contributed by atoms with Crippen molar-refractivity contribution >= 4 is 51.9 Å². The van der Waals surface area contributed by atoms with Gasteiger partial charge in [-0.15, -0.1) is 11.3 Å². The van der Waals surface area contributed by atoms with Gasteiger partial charge in [0.15, 0.2) is 5.01 Å². The number of H-pyrrole nitrogens is 1. The average molecular weight is 541 g/mol. The molecule has 1 saturated heterocycles. The van der Waals surface area contributed by atoms with Gasteiger partial charge in [-0.25, -0.2) is 4.98 Å². The number of likely N-dealkylation sites (N-methyl/N-ethyl adjacent to an activating group) is 1. The van der Waals surface area contributed by atoms with Crippen molar-refractivity contribution in [1.29, 1.82) is 0 Å². The van der Waals surface area contributed by atoms with Gasteiger partial charge < -0.3 is 25.3 Å². The number of rotatable bonds is 7. The SMILES string of the molecule is CN1CCc2nc(C(=O)N[C@@H]3CN(CC4(C=O)CC4)C[C@H]3NC(=O)c3cc4cc(Cl)ccc4[nH]3)sc2C1. The molecule has 0 spiro atoms.